The maximum absolute atomic E-state index is 5.85. The van der Waals surface area contributed by atoms with Gasteiger partial charge >= 0.3 is 0 Å². The summed E-state index contributed by atoms with van der Waals surface area (Å²) in [5.74, 6) is 1.71. The molecule has 0 saturated carbocycles. The molecule has 29 heavy (non-hydrogen) atoms. The van der Waals surface area contributed by atoms with E-state index in [1.165, 1.54) is 28.7 Å². The highest BCUT2D eigenvalue weighted by Crippen LogP contribution is 2.28. The SMILES string of the molecule is Cc1ccc(Nc2nc(N)nc(CSc3nnc(NC[C@@H]4CCCO4)s3)n2)cc1. The standard InChI is InChI=1S/C18H22N8OS2/c1-11-4-6-12(7-5-11)21-16-23-14(22-15(19)24-16)10-28-18-26-25-17(29-18)20-9-13-3-2-8-27-13/h4-7,13H,2-3,8-10H2,1H3,(H,20,25)(H3,19,21,22,23,24)/t13-/m0/s1. The molecule has 4 N–H and O–H groups in total. The monoisotopic (exact) mass is 430 g/mol. The molecule has 152 valence electrons. The number of hydrogen-bond acceptors (Lipinski definition) is 11. The minimum Gasteiger partial charge on any atom is -0.376 e. The quantitative estimate of drug-likeness (QED) is 0.459. The van der Waals surface area contributed by atoms with Crippen LogP contribution in [-0.4, -0.2) is 44.4 Å². The average molecular weight is 431 g/mol. The number of benzene rings is 1. The van der Waals surface area contributed by atoms with Crippen molar-refractivity contribution in [3.05, 3.63) is 35.7 Å². The second kappa shape index (κ2) is 9.33. The molecule has 9 nitrogen and oxygen atoms in total. The number of nitrogen functional groups attached to an aromatic ring is 1. The first-order chi connectivity index (χ1) is 14.1. The van der Waals surface area contributed by atoms with Crippen LogP contribution in [0.5, 0.6) is 0 Å². The van der Waals surface area contributed by atoms with E-state index >= 15 is 0 Å². The zero-order valence-electron chi connectivity index (χ0n) is 16.0. The van der Waals surface area contributed by atoms with E-state index in [1.54, 1.807) is 0 Å². The lowest BCUT2D eigenvalue weighted by Crippen LogP contribution is -2.18. The van der Waals surface area contributed by atoms with E-state index in [1.807, 2.05) is 31.2 Å². The molecule has 0 amide bonds. The van der Waals surface area contributed by atoms with Crippen LogP contribution in [-0.2, 0) is 10.5 Å². The van der Waals surface area contributed by atoms with Gasteiger partial charge in [-0.05, 0) is 31.9 Å². The molecule has 0 radical (unpaired) electrons. The minimum absolute atomic E-state index is 0.182. The number of nitrogens with zero attached hydrogens (tertiary/aromatic N) is 5. The number of rotatable bonds is 8. The molecule has 1 aromatic carbocycles. The molecule has 1 atom stereocenters. The van der Waals surface area contributed by atoms with Crippen molar-refractivity contribution in [1.29, 1.82) is 0 Å². The summed E-state index contributed by atoms with van der Waals surface area (Å²) in [7, 11) is 0. The van der Waals surface area contributed by atoms with Gasteiger partial charge in [-0.25, -0.2) is 0 Å². The Balaban J connectivity index is 1.33. The molecule has 0 unspecified atom stereocenters. The number of nitrogens with two attached hydrogens (primary N) is 1. The number of nitrogens with one attached hydrogen (secondary N) is 2. The molecule has 0 bridgehead atoms. The van der Waals surface area contributed by atoms with Gasteiger partial charge in [0.2, 0.25) is 17.0 Å². The lowest BCUT2D eigenvalue weighted by atomic mass is 10.2. The average Bonchev–Trinajstić information content (AvgIpc) is 3.38. The van der Waals surface area contributed by atoms with E-state index in [9.17, 15) is 0 Å². The topological polar surface area (TPSA) is 124 Å². The van der Waals surface area contributed by atoms with Crippen molar-refractivity contribution >= 4 is 45.8 Å². The Hall–Kier alpha value is -2.50. The Morgan fingerprint density at radius 3 is 2.86 bits per heavy atom. The summed E-state index contributed by atoms with van der Waals surface area (Å²) in [5.41, 5.74) is 7.93. The second-order valence-corrected chi connectivity index (χ2v) is 8.80. The number of ether oxygens (including phenoxy) is 1. The molecule has 4 rings (SSSR count). The fourth-order valence-electron chi connectivity index (χ4n) is 2.80. The predicted octanol–water partition coefficient (Wildman–Crippen LogP) is 3.24. The number of anilines is 4. The first kappa shape index (κ1) is 19.8. The summed E-state index contributed by atoms with van der Waals surface area (Å²) < 4.78 is 6.45. The van der Waals surface area contributed by atoms with Gasteiger partial charge in [0.25, 0.3) is 0 Å². The third-order valence-electron chi connectivity index (χ3n) is 4.24. The molecule has 1 saturated heterocycles. The summed E-state index contributed by atoms with van der Waals surface area (Å²) in [6, 6.07) is 7.97. The molecule has 1 aliphatic rings. The van der Waals surface area contributed by atoms with Gasteiger partial charge in [-0.3, -0.25) is 0 Å². The van der Waals surface area contributed by atoms with Crippen LogP contribution in [0, 0.1) is 6.92 Å². The zero-order chi connectivity index (χ0) is 20.1. The van der Waals surface area contributed by atoms with Gasteiger partial charge in [0, 0.05) is 18.8 Å². The number of hydrogen-bond donors (Lipinski definition) is 3. The summed E-state index contributed by atoms with van der Waals surface area (Å²) >= 11 is 3.02. The number of thioether (sulfide) groups is 1. The highest BCUT2D eigenvalue weighted by atomic mass is 32.2. The molecule has 0 spiro atoms. The summed E-state index contributed by atoms with van der Waals surface area (Å²) in [6.45, 7) is 3.65. The Morgan fingerprint density at radius 1 is 1.21 bits per heavy atom. The van der Waals surface area contributed by atoms with Crippen molar-refractivity contribution in [2.75, 3.05) is 29.5 Å². The van der Waals surface area contributed by atoms with Crippen molar-refractivity contribution < 1.29 is 4.74 Å². The zero-order valence-corrected chi connectivity index (χ0v) is 17.6. The van der Waals surface area contributed by atoms with Gasteiger partial charge in [0.05, 0.1) is 11.9 Å². The highest BCUT2D eigenvalue weighted by molar-refractivity contribution is 8.00. The van der Waals surface area contributed by atoms with Crippen molar-refractivity contribution in [3.63, 3.8) is 0 Å². The third-order valence-corrected chi connectivity index (χ3v) is 6.25. The first-order valence-electron chi connectivity index (χ1n) is 9.30. The van der Waals surface area contributed by atoms with Crippen molar-refractivity contribution in [2.24, 2.45) is 0 Å². The van der Waals surface area contributed by atoms with Gasteiger partial charge in [0.1, 0.15) is 5.82 Å². The molecule has 3 heterocycles. The van der Waals surface area contributed by atoms with Crippen LogP contribution < -0.4 is 16.4 Å². The molecular formula is C18H22N8OS2. The van der Waals surface area contributed by atoms with Crippen LogP contribution in [0.1, 0.15) is 24.2 Å². The summed E-state index contributed by atoms with van der Waals surface area (Å²) in [4.78, 5) is 12.8. The normalized spacial score (nSPS) is 16.1. The fourth-order valence-corrected chi connectivity index (χ4v) is 4.41. The van der Waals surface area contributed by atoms with E-state index in [4.69, 9.17) is 10.5 Å². The van der Waals surface area contributed by atoms with E-state index in [0.29, 0.717) is 17.5 Å². The molecule has 0 aliphatic carbocycles. The van der Waals surface area contributed by atoms with Gasteiger partial charge in [-0.2, -0.15) is 15.0 Å². The number of aromatic nitrogens is 5. The van der Waals surface area contributed by atoms with Gasteiger partial charge < -0.3 is 21.1 Å². The van der Waals surface area contributed by atoms with E-state index in [-0.39, 0.29) is 12.1 Å². The van der Waals surface area contributed by atoms with Gasteiger partial charge in [-0.15, -0.1) is 10.2 Å². The molecule has 2 aromatic heterocycles. The van der Waals surface area contributed by atoms with Crippen molar-refractivity contribution in [3.8, 4) is 0 Å². The van der Waals surface area contributed by atoms with Crippen molar-refractivity contribution in [1.82, 2.24) is 25.1 Å². The Kier molecular flexibility index (Phi) is 6.37. The Morgan fingerprint density at radius 2 is 2.07 bits per heavy atom. The molecular weight excluding hydrogens is 408 g/mol. The van der Waals surface area contributed by atoms with Crippen molar-refractivity contribution in [2.45, 2.75) is 36.0 Å². The fraction of sp³-hybridized carbons (Fsp3) is 0.389. The lowest BCUT2D eigenvalue weighted by Gasteiger charge is -2.08. The Bertz CT molecular complexity index is 943. The summed E-state index contributed by atoms with van der Waals surface area (Å²) in [5, 5.41) is 15.6. The van der Waals surface area contributed by atoms with Crippen LogP contribution in [0.15, 0.2) is 28.6 Å². The van der Waals surface area contributed by atoms with E-state index in [0.717, 1.165) is 41.2 Å². The first-order valence-corrected chi connectivity index (χ1v) is 11.1. The highest BCUT2D eigenvalue weighted by Gasteiger charge is 2.16. The van der Waals surface area contributed by atoms with E-state index < -0.39 is 0 Å². The van der Waals surface area contributed by atoms with Crippen LogP contribution in [0.3, 0.4) is 0 Å². The molecule has 3 aromatic rings. The number of aryl methyl sites for hydroxylation is 1. The van der Waals surface area contributed by atoms with Gasteiger partial charge in [0.15, 0.2) is 4.34 Å². The smallest absolute Gasteiger partial charge is 0.232 e. The second-order valence-electron chi connectivity index (χ2n) is 6.60. The molecule has 11 heteroatoms. The third kappa shape index (κ3) is 5.75. The van der Waals surface area contributed by atoms with Crippen LogP contribution in [0.4, 0.5) is 22.7 Å². The maximum Gasteiger partial charge on any atom is 0.232 e. The predicted molar refractivity (Wildman–Crippen MR) is 116 cm³/mol. The largest absolute Gasteiger partial charge is 0.376 e. The summed E-state index contributed by atoms with van der Waals surface area (Å²) in [6.07, 6.45) is 2.48. The van der Waals surface area contributed by atoms with Crippen LogP contribution in [0.25, 0.3) is 0 Å². The molecule has 1 fully saturated rings. The van der Waals surface area contributed by atoms with Gasteiger partial charge in [-0.1, -0.05) is 40.8 Å². The van der Waals surface area contributed by atoms with Crippen LogP contribution >= 0.6 is 23.1 Å². The Labute approximate surface area is 176 Å². The van der Waals surface area contributed by atoms with Crippen LogP contribution in [0.2, 0.25) is 0 Å². The lowest BCUT2D eigenvalue weighted by molar-refractivity contribution is 0.120. The minimum atomic E-state index is 0.182. The van der Waals surface area contributed by atoms with E-state index in [2.05, 4.69) is 35.8 Å². The molecule has 1 aliphatic heterocycles. The maximum atomic E-state index is 5.85.